The minimum absolute atomic E-state index is 0.0235. The van der Waals surface area contributed by atoms with Gasteiger partial charge in [-0.25, -0.2) is 0 Å². The Morgan fingerprint density at radius 2 is 0.742 bits per heavy atom. The maximum atomic E-state index is 9.30. The topological polar surface area (TPSA) is 60.7 Å². The SMILES string of the molecule is C(=Cc1ccccc1)c1ccccc1.Oc1ccc(C=Cc2cc(O)cc(O)c2)cc1. The highest BCUT2D eigenvalue weighted by Gasteiger charge is 1.96. The molecule has 31 heavy (non-hydrogen) atoms. The molecule has 0 spiro atoms. The van der Waals surface area contributed by atoms with Gasteiger partial charge in [-0.1, -0.05) is 97.1 Å². The highest BCUT2D eigenvalue weighted by molar-refractivity contribution is 5.71. The van der Waals surface area contributed by atoms with E-state index in [0.717, 1.165) is 5.56 Å². The summed E-state index contributed by atoms with van der Waals surface area (Å²) in [5, 5.41) is 27.7. The minimum atomic E-state index is 0.0235. The molecule has 4 rings (SSSR count). The fourth-order valence-corrected chi connectivity index (χ4v) is 2.81. The Kier molecular flexibility index (Phi) is 7.67. The average Bonchev–Trinajstić information content (AvgIpc) is 2.79. The smallest absolute Gasteiger partial charge is 0.119 e. The number of benzene rings is 4. The van der Waals surface area contributed by atoms with Gasteiger partial charge in [-0.3, -0.25) is 0 Å². The van der Waals surface area contributed by atoms with Crippen molar-refractivity contribution in [3.05, 3.63) is 125 Å². The summed E-state index contributed by atoms with van der Waals surface area (Å²) in [5.41, 5.74) is 4.09. The van der Waals surface area contributed by atoms with Gasteiger partial charge in [0.25, 0.3) is 0 Å². The molecule has 0 amide bonds. The molecular formula is C28H24O3. The first-order valence-corrected chi connectivity index (χ1v) is 9.87. The first-order chi connectivity index (χ1) is 15.1. The van der Waals surface area contributed by atoms with Crippen molar-refractivity contribution >= 4 is 24.3 Å². The number of hydrogen-bond donors (Lipinski definition) is 3. The van der Waals surface area contributed by atoms with Crippen molar-refractivity contribution in [3.63, 3.8) is 0 Å². The second-order valence-corrected chi connectivity index (χ2v) is 6.86. The monoisotopic (exact) mass is 408 g/mol. The molecule has 0 fully saturated rings. The van der Waals surface area contributed by atoms with Gasteiger partial charge in [0.15, 0.2) is 0 Å². The van der Waals surface area contributed by atoms with E-state index in [-0.39, 0.29) is 17.2 Å². The van der Waals surface area contributed by atoms with Crippen molar-refractivity contribution < 1.29 is 15.3 Å². The van der Waals surface area contributed by atoms with Gasteiger partial charge in [0, 0.05) is 6.07 Å². The van der Waals surface area contributed by atoms with Gasteiger partial charge in [0.1, 0.15) is 17.2 Å². The van der Waals surface area contributed by atoms with Crippen LogP contribution in [0.5, 0.6) is 17.2 Å². The summed E-state index contributed by atoms with van der Waals surface area (Å²) >= 11 is 0. The molecule has 0 saturated heterocycles. The van der Waals surface area contributed by atoms with Crippen LogP contribution in [-0.4, -0.2) is 15.3 Å². The average molecular weight is 408 g/mol. The third kappa shape index (κ3) is 7.59. The van der Waals surface area contributed by atoms with Gasteiger partial charge in [-0.15, -0.1) is 0 Å². The fourth-order valence-electron chi connectivity index (χ4n) is 2.81. The van der Waals surface area contributed by atoms with Crippen LogP contribution < -0.4 is 0 Å². The third-order valence-corrected chi connectivity index (χ3v) is 4.35. The summed E-state index contributed by atoms with van der Waals surface area (Å²) in [4.78, 5) is 0. The van der Waals surface area contributed by atoms with E-state index in [9.17, 15) is 10.2 Å². The van der Waals surface area contributed by atoms with Crippen LogP contribution in [0.4, 0.5) is 0 Å². The Bertz CT molecular complexity index is 1070. The molecule has 154 valence electrons. The van der Waals surface area contributed by atoms with Crippen molar-refractivity contribution in [1.29, 1.82) is 0 Å². The molecule has 0 saturated carbocycles. The van der Waals surface area contributed by atoms with Gasteiger partial charge in [0.2, 0.25) is 0 Å². The molecule has 0 unspecified atom stereocenters. The summed E-state index contributed by atoms with van der Waals surface area (Å²) in [5.74, 6) is 0.267. The molecule has 3 nitrogen and oxygen atoms in total. The number of phenols is 3. The van der Waals surface area contributed by atoms with Crippen molar-refractivity contribution in [2.75, 3.05) is 0 Å². The summed E-state index contributed by atoms with van der Waals surface area (Å²) < 4.78 is 0. The summed E-state index contributed by atoms with van der Waals surface area (Å²) in [7, 11) is 0. The lowest BCUT2D eigenvalue weighted by atomic mass is 10.1. The molecule has 0 aliphatic carbocycles. The van der Waals surface area contributed by atoms with Crippen molar-refractivity contribution in [3.8, 4) is 17.2 Å². The van der Waals surface area contributed by atoms with Gasteiger partial charge in [0.05, 0.1) is 0 Å². The molecule has 0 radical (unpaired) electrons. The molecule has 3 heteroatoms. The lowest BCUT2D eigenvalue weighted by molar-refractivity contribution is 0.450. The van der Waals surface area contributed by atoms with Gasteiger partial charge in [-0.05, 0) is 46.5 Å². The van der Waals surface area contributed by atoms with Crippen LogP contribution in [0, 0.1) is 0 Å². The second-order valence-electron chi connectivity index (χ2n) is 6.86. The molecule has 0 aliphatic rings. The van der Waals surface area contributed by atoms with E-state index < -0.39 is 0 Å². The summed E-state index contributed by atoms with van der Waals surface area (Å²) in [6.45, 7) is 0. The molecule has 0 atom stereocenters. The van der Waals surface area contributed by atoms with Gasteiger partial charge < -0.3 is 15.3 Å². The van der Waals surface area contributed by atoms with Crippen LogP contribution >= 0.6 is 0 Å². The zero-order chi connectivity index (χ0) is 21.9. The maximum absolute atomic E-state index is 9.30. The Hall–Kier alpha value is -4.24. The number of hydrogen-bond acceptors (Lipinski definition) is 3. The molecule has 4 aromatic rings. The van der Waals surface area contributed by atoms with Crippen LogP contribution in [0.3, 0.4) is 0 Å². The molecular weight excluding hydrogens is 384 g/mol. The zero-order valence-corrected chi connectivity index (χ0v) is 17.0. The normalized spacial score (nSPS) is 10.7. The Labute approximate surface area is 182 Å². The molecule has 4 aromatic carbocycles. The Morgan fingerprint density at radius 1 is 0.355 bits per heavy atom. The fraction of sp³-hybridized carbons (Fsp3) is 0. The van der Waals surface area contributed by atoms with E-state index >= 15 is 0 Å². The van der Waals surface area contributed by atoms with Crippen molar-refractivity contribution in [2.45, 2.75) is 0 Å². The molecule has 0 heterocycles. The number of rotatable bonds is 4. The molecule has 0 aliphatic heterocycles. The quantitative estimate of drug-likeness (QED) is 0.324. The highest BCUT2D eigenvalue weighted by Crippen LogP contribution is 2.22. The standard InChI is InChI=1S/C14H12O3.C14H12/c15-12-5-3-10(4-6-12)1-2-11-7-13(16)9-14(17)8-11;1-3-7-13(8-4-1)11-12-14-9-5-2-6-10-14/h1-9,15-17H;1-12H. The lowest BCUT2D eigenvalue weighted by Gasteiger charge is -1.98. The van der Waals surface area contributed by atoms with Crippen LogP contribution in [0.1, 0.15) is 22.3 Å². The largest absolute Gasteiger partial charge is 0.508 e. The molecule has 0 bridgehead atoms. The highest BCUT2D eigenvalue weighted by atomic mass is 16.3. The van der Waals surface area contributed by atoms with Crippen molar-refractivity contribution in [2.24, 2.45) is 0 Å². The van der Waals surface area contributed by atoms with E-state index in [1.807, 2.05) is 42.5 Å². The molecule has 3 N–H and O–H groups in total. The van der Waals surface area contributed by atoms with Crippen LogP contribution in [0.25, 0.3) is 24.3 Å². The third-order valence-electron chi connectivity index (χ3n) is 4.35. The van der Waals surface area contributed by atoms with Crippen LogP contribution in [0.15, 0.2) is 103 Å². The zero-order valence-electron chi connectivity index (χ0n) is 17.0. The maximum Gasteiger partial charge on any atom is 0.119 e. The second kappa shape index (κ2) is 11.1. The van der Waals surface area contributed by atoms with Crippen molar-refractivity contribution in [1.82, 2.24) is 0 Å². The minimum Gasteiger partial charge on any atom is -0.508 e. The number of aromatic hydroxyl groups is 3. The number of phenolic OH excluding ortho intramolecular Hbond substituents is 3. The van der Waals surface area contributed by atoms with Crippen LogP contribution in [0.2, 0.25) is 0 Å². The molecule has 0 aromatic heterocycles. The van der Waals surface area contributed by atoms with Gasteiger partial charge >= 0.3 is 0 Å². The van der Waals surface area contributed by atoms with E-state index in [2.05, 4.69) is 36.4 Å². The summed E-state index contributed by atoms with van der Waals surface area (Å²) in [6.07, 6.45) is 7.84. The first-order valence-electron chi connectivity index (χ1n) is 9.87. The predicted molar refractivity (Wildman–Crippen MR) is 129 cm³/mol. The predicted octanol–water partition coefficient (Wildman–Crippen LogP) is 6.83. The van der Waals surface area contributed by atoms with E-state index in [1.54, 1.807) is 42.5 Å². The Balaban J connectivity index is 0.000000179. The van der Waals surface area contributed by atoms with E-state index in [0.29, 0.717) is 5.56 Å². The van der Waals surface area contributed by atoms with Gasteiger partial charge in [-0.2, -0.15) is 0 Å². The Morgan fingerprint density at radius 3 is 1.19 bits per heavy atom. The van der Waals surface area contributed by atoms with E-state index in [4.69, 9.17) is 5.11 Å². The first kappa shape index (κ1) is 21.5. The lowest BCUT2D eigenvalue weighted by Crippen LogP contribution is -1.74. The summed E-state index contributed by atoms with van der Waals surface area (Å²) in [6, 6.07) is 31.7. The van der Waals surface area contributed by atoms with E-state index in [1.165, 1.54) is 17.2 Å². The van der Waals surface area contributed by atoms with Crippen LogP contribution in [-0.2, 0) is 0 Å².